The molecule has 2 nitrogen and oxygen atoms in total. The van der Waals surface area contributed by atoms with Gasteiger partial charge in [0.25, 0.3) is 0 Å². The average Bonchev–Trinajstić information content (AvgIpc) is 2.74. The molecule has 2 atom stereocenters. The van der Waals surface area contributed by atoms with Gasteiger partial charge in [-0.1, -0.05) is 32.0 Å². The van der Waals surface area contributed by atoms with Gasteiger partial charge in [-0.05, 0) is 24.5 Å². The summed E-state index contributed by atoms with van der Waals surface area (Å²) in [5.74, 6) is 0.667. The van der Waals surface area contributed by atoms with Crippen molar-refractivity contribution in [2.45, 2.75) is 32.4 Å². The lowest BCUT2D eigenvalue weighted by molar-refractivity contribution is 0.116. The highest BCUT2D eigenvalue weighted by Crippen LogP contribution is 2.30. The molecule has 16 heavy (non-hydrogen) atoms. The zero-order chi connectivity index (χ0) is 11.5. The lowest BCUT2D eigenvalue weighted by atomic mass is 10.0. The van der Waals surface area contributed by atoms with Crippen LogP contribution in [0.5, 0.6) is 0 Å². The second-order valence-corrected chi connectivity index (χ2v) is 4.89. The zero-order valence-electron chi connectivity index (χ0n) is 10.4. The lowest BCUT2D eigenvalue weighted by Gasteiger charge is -2.29. The summed E-state index contributed by atoms with van der Waals surface area (Å²) in [7, 11) is 1.82. The highest BCUT2D eigenvalue weighted by Gasteiger charge is 2.33. The molecule has 0 saturated carbocycles. The number of nitrogens with zero attached hydrogens (tertiary/aromatic N) is 1. The molecule has 88 valence electrons. The van der Waals surface area contributed by atoms with E-state index < -0.39 is 0 Å². The van der Waals surface area contributed by atoms with Crippen molar-refractivity contribution in [1.29, 1.82) is 0 Å². The summed E-state index contributed by atoms with van der Waals surface area (Å²) in [5.41, 5.74) is 1.32. The Morgan fingerprint density at radius 1 is 1.25 bits per heavy atom. The Morgan fingerprint density at radius 3 is 2.50 bits per heavy atom. The van der Waals surface area contributed by atoms with Crippen LogP contribution in [-0.2, 0) is 4.74 Å². The predicted octanol–water partition coefficient (Wildman–Crippen LogP) is 2.94. The fourth-order valence-electron chi connectivity index (χ4n) is 2.55. The minimum atomic E-state index is 0.382. The molecule has 2 rings (SSSR count). The Labute approximate surface area is 98.2 Å². The molecule has 2 heteroatoms. The van der Waals surface area contributed by atoms with Crippen LogP contribution in [0.2, 0.25) is 0 Å². The first-order valence-electron chi connectivity index (χ1n) is 6.07. The van der Waals surface area contributed by atoms with Crippen LogP contribution < -0.4 is 4.90 Å². The van der Waals surface area contributed by atoms with Gasteiger partial charge in [-0.3, -0.25) is 0 Å². The molecule has 0 amide bonds. The smallest absolute Gasteiger partial charge is 0.0765 e. The molecule has 1 saturated heterocycles. The van der Waals surface area contributed by atoms with Gasteiger partial charge in [0.2, 0.25) is 0 Å². The van der Waals surface area contributed by atoms with E-state index in [1.165, 1.54) is 5.69 Å². The van der Waals surface area contributed by atoms with Crippen molar-refractivity contribution >= 4 is 5.69 Å². The summed E-state index contributed by atoms with van der Waals surface area (Å²) < 4.78 is 5.50. The Balaban J connectivity index is 2.19. The molecule has 1 heterocycles. The molecule has 0 aliphatic carbocycles. The van der Waals surface area contributed by atoms with Crippen molar-refractivity contribution in [2.75, 3.05) is 18.6 Å². The second kappa shape index (κ2) is 4.88. The van der Waals surface area contributed by atoms with Gasteiger partial charge < -0.3 is 9.64 Å². The van der Waals surface area contributed by atoms with Crippen LogP contribution >= 0.6 is 0 Å². The maximum absolute atomic E-state index is 5.50. The van der Waals surface area contributed by atoms with Gasteiger partial charge >= 0.3 is 0 Å². The molecule has 0 N–H and O–H groups in total. The maximum Gasteiger partial charge on any atom is 0.0765 e. The van der Waals surface area contributed by atoms with Crippen molar-refractivity contribution in [2.24, 2.45) is 5.92 Å². The molecular formula is C14H21NO. The van der Waals surface area contributed by atoms with Gasteiger partial charge in [-0.2, -0.15) is 0 Å². The third-order valence-electron chi connectivity index (χ3n) is 3.50. The number of ether oxygens (including phenoxy) is 1. The number of para-hydroxylation sites is 1. The lowest BCUT2D eigenvalue weighted by Crippen LogP contribution is -2.33. The predicted molar refractivity (Wildman–Crippen MR) is 67.8 cm³/mol. The SMILES string of the molecule is COC1CC(C(C)C)N(c2ccccc2)C1. The maximum atomic E-state index is 5.50. The van der Waals surface area contributed by atoms with Gasteiger partial charge in [0, 0.05) is 25.4 Å². The molecule has 1 aliphatic heterocycles. The number of anilines is 1. The first-order chi connectivity index (χ1) is 7.72. The molecule has 0 bridgehead atoms. The Bertz CT molecular complexity index is 323. The van der Waals surface area contributed by atoms with E-state index in [0.29, 0.717) is 18.1 Å². The van der Waals surface area contributed by atoms with Gasteiger partial charge in [0.15, 0.2) is 0 Å². The minimum Gasteiger partial charge on any atom is -0.380 e. The summed E-state index contributed by atoms with van der Waals surface area (Å²) in [6.45, 7) is 5.60. The molecule has 1 fully saturated rings. The van der Waals surface area contributed by atoms with E-state index in [-0.39, 0.29) is 0 Å². The summed E-state index contributed by atoms with van der Waals surface area (Å²) in [6.07, 6.45) is 1.52. The van der Waals surface area contributed by atoms with Gasteiger partial charge in [-0.25, -0.2) is 0 Å². The third kappa shape index (κ3) is 2.22. The van der Waals surface area contributed by atoms with Crippen LogP contribution in [0.1, 0.15) is 20.3 Å². The third-order valence-corrected chi connectivity index (χ3v) is 3.50. The largest absolute Gasteiger partial charge is 0.380 e. The fraction of sp³-hybridized carbons (Fsp3) is 0.571. The highest BCUT2D eigenvalue weighted by atomic mass is 16.5. The standard InChI is InChI=1S/C14H21NO/c1-11(2)14-9-13(16-3)10-15(14)12-7-5-4-6-8-12/h4-8,11,13-14H,9-10H2,1-3H3. The van der Waals surface area contributed by atoms with Crippen molar-refractivity contribution < 1.29 is 4.74 Å². The summed E-state index contributed by atoms with van der Waals surface area (Å²) in [6, 6.07) is 11.3. The number of hydrogen-bond donors (Lipinski definition) is 0. The molecule has 0 aromatic heterocycles. The number of methoxy groups -OCH3 is 1. The minimum absolute atomic E-state index is 0.382. The van der Waals surface area contributed by atoms with Crippen LogP contribution in [-0.4, -0.2) is 25.8 Å². The summed E-state index contributed by atoms with van der Waals surface area (Å²) >= 11 is 0. The molecule has 2 unspecified atom stereocenters. The van der Waals surface area contributed by atoms with E-state index in [1.807, 2.05) is 7.11 Å². The van der Waals surface area contributed by atoms with Crippen LogP contribution in [0.3, 0.4) is 0 Å². The molecule has 1 aromatic carbocycles. The highest BCUT2D eigenvalue weighted by molar-refractivity contribution is 5.48. The molecule has 1 aromatic rings. The fourth-order valence-corrected chi connectivity index (χ4v) is 2.55. The second-order valence-electron chi connectivity index (χ2n) is 4.89. The van der Waals surface area contributed by atoms with Gasteiger partial charge in [-0.15, -0.1) is 0 Å². The first kappa shape index (κ1) is 11.5. The Morgan fingerprint density at radius 2 is 1.94 bits per heavy atom. The summed E-state index contributed by atoms with van der Waals surface area (Å²) in [5, 5.41) is 0. The quantitative estimate of drug-likeness (QED) is 0.775. The van der Waals surface area contributed by atoms with Crippen molar-refractivity contribution in [3.05, 3.63) is 30.3 Å². The molecule has 1 aliphatic rings. The van der Waals surface area contributed by atoms with E-state index in [2.05, 4.69) is 49.1 Å². The first-order valence-corrected chi connectivity index (χ1v) is 6.07. The summed E-state index contributed by atoms with van der Waals surface area (Å²) in [4.78, 5) is 2.48. The van der Waals surface area contributed by atoms with Crippen molar-refractivity contribution in [3.63, 3.8) is 0 Å². The topological polar surface area (TPSA) is 12.5 Å². The molecular weight excluding hydrogens is 198 g/mol. The van der Waals surface area contributed by atoms with Crippen LogP contribution in [0.15, 0.2) is 30.3 Å². The van der Waals surface area contributed by atoms with E-state index in [9.17, 15) is 0 Å². The average molecular weight is 219 g/mol. The number of rotatable bonds is 3. The van der Waals surface area contributed by atoms with E-state index in [1.54, 1.807) is 0 Å². The monoisotopic (exact) mass is 219 g/mol. The number of benzene rings is 1. The van der Waals surface area contributed by atoms with Crippen LogP contribution in [0.4, 0.5) is 5.69 Å². The molecule has 0 radical (unpaired) electrons. The van der Waals surface area contributed by atoms with Gasteiger partial charge in [0.05, 0.1) is 6.10 Å². The van der Waals surface area contributed by atoms with Crippen molar-refractivity contribution in [3.8, 4) is 0 Å². The zero-order valence-corrected chi connectivity index (χ0v) is 10.4. The van der Waals surface area contributed by atoms with E-state index in [0.717, 1.165) is 13.0 Å². The van der Waals surface area contributed by atoms with Gasteiger partial charge in [0.1, 0.15) is 0 Å². The van der Waals surface area contributed by atoms with Crippen LogP contribution in [0, 0.1) is 5.92 Å². The van der Waals surface area contributed by atoms with Crippen LogP contribution in [0.25, 0.3) is 0 Å². The Hall–Kier alpha value is -1.02. The normalized spacial score (nSPS) is 25.4. The van der Waals surface area contributed by atoms with E-state index in [4.69, 9.17) is 4.74 Å². The Kier molecular flexibility index (Phi) is 3.49. The van der Waals surface area contributed by atoms with E-state index >= 15 is 0 Å². The van der Waals surface area contributed by atoms with Crippen molar-refractivity contribution in [1.82, 2.24) is 0 Å². The molecule has 0 spiro atoms. The number of hydrogen-bond acceptors (Lipinski definition) is 2.